The zero-order valence-electron chi connectivity index (χ0n) is 13.2. The Labute approximate surface area is 132 Å². The molecule has 0 saturated carbocycles. The Morgan fingerprint density at radius 1 is 0.636 bits per heavy atom. The molecule has 0 rings (SSSR count). The van der Waals surface area contributed by atoms with Gasteiger partial charge in [0.1, 0.15) is 0 Å². The van der Waals surface area contributed by atoms with Gasteiger partial charge in [-0.2, -0.15) is 0 Å². The molecule has 2 unspecified atom stereocenters. The molecule has 6 nitrogen and oxygen atoms in total. The summed E-state index contributed by atoms with van der Waals surface area (Å²) in [4.78, 5) is 20.7. The Balaban J connectivity index is 3.43. The number of carbonyl (C=O) groups is 2. The summed E-state index contributed by atoms with van der Waals surface area (Å²) in [6.07, 6.45) is 6.33. The van der Waals surface area contributed by atoms with Gasteiger partial charge in [-0.15, -0.1) is 0 Å². The fourth-order valence-electron chi connectivity index (χ4n) is 2.39. The van der Waals surface area contributed by atoms with E-state index in [4.69, 9.17) is 10.2 Å². The highest BCUT2D eigenvalue weighted by atomic mass is 16.4. The average molecular weight is 318 g/mol. The van der Waals surface area contributed by atoms with E-state index in [0.717, 1.165) is 32.1 Å². The fourth-order valence-corrected chi connectivity index (χ4v) is 2.39. The molecule has 0 heterocycles. The number of aliphatic hydroxyl groups excluding tert-OH is 2. The maximum Gasteiger partial charge on any atom is 0.303 e. The van der Waals surface area contributed by atoms with E-state index in [0.29, 0.717) is 32.1 Å². The quantitative estimate of drug-likeness (QED) is 0.345. The number of aliphatic carboxylic acids is 2. The Kier molecular flexibility index (Phi) is 12.8. The highest BCUT2D eigenvalue weighted by molar-refractivity contribution is 5.66. The van der Waals surface area contributed by atoms with Crippen molar-refractivity contribution in [3.63, 3.8) is 0 Å². The van der Waals surface area contributed by atoms with Gasteiger partial charge in [-0.25, -0.2) is 0 Å². The van der Waals surface area contributed by atoms with Gasteiger partial charge in [-0.3, -0.25) is 9.59 Å². The van der Waals surface area contributed by atoms with Crippen molar-refractivity contribution >= 4 is 11.9 Å². The zero-order chi connectivity index (χ0) is 16.8. The van der Waals surface area contributed by atoms with Crippen LogP contribution in [0.2, 0.25) is 0 Å². The molecule has 0 radical (unpaired) electrons. The molecule has 0 aromatic rings. The van der Waals surface area contributed by atoms with Gasteiger partial charge in [-0.1, -0.05) is 32.1 Å². The monoisotopic (exact) mass is 318 g/mol. The second-order valence-corrected chi connectivity index (χ2v) is 5.88. The third kappa shape index (κ3) is 15.3. The normalized spacial score (nSPS) is 13.7. The lowest BCUT2D eigenvalue weighted by atomic mass is 10.0. The lowest BCUT2D eigenvalue weighted by molar-refractivity contribution is -0.138. The molecule has 6 heteroatoms. The number of rotatable bonds is 15. The van der Waals surface area contributed by atoms with Crippen LogP contribution < -0.4 is 0 Å². The molecule has 0 aliphatic rings. The van der Waals surface area contributed by atoms with E-state index < -0.39 is 24.1 Å². The second-order valence-electron chi connectivity index (χ2n) is 5.88. The van der Waals surface area contributed by atoms with E-state index in [9.17, 15) is 19.8 Å². The van der Waals surface area contributed by atoms with Gasteiger partial charge in [0.15, 0.2) is 0 Å². The Morgan fingerprint density at radius 3 is 1.41 bits per heavy atom. The van der Waals surface area contributed by atoms with Crippen molar-refractivity contribution in [3.8, 4) is 0 Å². The van der Waals surface area contributed by atoms with Crippen LogP contribution in [0.4, 0.5) is 0 Å². The first-order valence-corrected chi connectivity index (χ1v) is 8.21. The lowest BCUT2D eigenvalue weighted by Gasteiger charge is -2.15. The second kappa shape index (κ2) is 13.5. The van der Waals surface area contributed by atoms with Crippen LogP contribution in [0.3, 0.4) is 0 Å². The highest BCUT2D eigenvalue weighted by Gasteiger charge is 2.11. The van der Waals surface area contributed by atoms with Crippen LogP contribution in [-0.4, -0.2) is 44.6 Å². The summed E-state index contributed by atoms with van der Waals surface area (Å²) >= 11 is 0. The largest absolute Gasteiger partial charge is 0.481 e. The molecular weight excluding hydrogens is 288 g/mol. The number of unbranched alkanes of at least 4 members (excludes halogenated alkanes) is 5. The van der Waals surface area contributed by atoms with Crippen molar-refractivity contribution in [1.29, 1.82) is 0 Å². The van der Waals surface area contributed by atoms with E-state index in [1.165, 1.54) is 0 Å². The van der Waals surface area contributed by atoms with Crippen LogP contribution in [0.5, 0.6) is 0 Å². The van der Waals surface area contributed by atoms with Gasteiger partial charge in [0.2, 0.25) is 0 Å². The summed E-state index contributed by atoms with van der Waals surface area (Å²) in [6.45, 7) is 0. The Bertz CT molecular complexity index is 305. The molecule has 0 aliphatic carbocycles. The molecular formula is C16H30O6. The van der Waals surface area contributed by atoms with Gasteiger partial charge >= 0.3 is 11.9 Å². The maximum atomic E-state index is 10.3. The van der Waals surface area contributed by atoms with Gasteiger partial charge in [0, 0.05) is 12.8 Å². The summed E-state index contributed by atoms with van der Waals surface area (Å²) < 4.78 is 0. The van der Waals surface area contributed by atoms with Gasteiger partial charge in [-0.05, 0) is 32.1 Å². The number of hydrogen-bond acceptors (Lipinski definition) is 4. The van der Waals surface area contributed by atoms with E-state index in [-0.39, 0.29) is 12.8 Å². The molecule has 130 valence electrons. The van der Waals surface area contributed by atoms with E-state index in [2.05, 4.69) is 0 Å². The van der Waals surface area contributed by atoms with E-state index >= 15 is 0 Å². The zero-order valence-corrected chi connectivity index (χ0v) is 13.2. The smallest absolute Gasteiger partial charge is 0.303 e. The minimum Gasteiger partial charge on any atom is -0.481 e. The third-order valence-corrected chi connectivity index (χ3v) is 3.65. The van der Waals surface area contributed by atoms with Crippen molar-refractivity contribution in [2.24, 2.45) is 0 Å². The number of carboxylic acid groups (broad SMARTS) is 2. The van der Waals surface area contributed by atoms with Crippen molar-refractivity contribution in [2.75, 3.05) is 0 Å². The van der Waals surface area contributed by atoms with Gasteiger partial charge in [0.25, 0.3) is 0 Å². The molecule has 0 bridgehead atoms. The van der Waals surface area contributed by atoms with Crippen LogP contribution in [0, 0.1) is 0 Å². The van der Waals surface area contributed by atoms with Crippen molar-refractivity contribution in [3.05, 3.63) is 0 Å². The molecule has 0 aromatic heterocycles. The average Bonchev–Trinajstić information content (AvgIpc) is 2.41. The molecule has 0 spiro atoms. The van der Waals surface area contributed by atoms with E-state index in [1.54, 1.807) is 0 Å². The van der Waals surface area contributed by atoms with Crippen molar-refractivity contribution < 1.29 is 30.0 Å². The fraction of sp³-hybridized carbons (Fsp3) is 0.875. The maximum absolute atomic E-state index is 10.3. The van der Waals surface area contributed by atoms with Crippen LogP contribution >= 0.6 is 0 Å². The molecule has 2 atom stereocenters. The molecule has 0 fully saturated rings. The Morgan fingerprint density at radius 2 is 1.00 bits per heavy atom. The van der Waals surface area contributed by atoms with Gasteiger partial charge in [0.05, 0.1) is 12.2 Å². The minimum atomic E-state index is -0.792. The summed E-state index contributed by atoms with van der Waals surface area (Å²) in [6, 6.07) is 0. The highest BCUT2D eigenvalue weighted by Crippen LogP contribution is 2.14. The number of carboxylic acids is 2. The first-order valence-electron chi connectivity index (χ1n) is 8.21. The molecule has 4 N–H and O–H groups in total. The van der Waals surface area contributed by atoms with Gasteiger partial charge < -0.3 is 20.4 Å². The predicted octanol–water partition coefficient (Wildman–Crippen LogP) is 2.56. The number of aliphatic hydroxyl groups is 2. The molecule has 0 amide bonds. The molecule has 0 aromatic carbocycles. The van der Waals surface area contributed by atoms with Crippen LogP contribution in [0.1, 0.15) is 77.0 Å². The van der Waals surface area contributed by atoms with Crippen LogP contribution in [0.15, 0.2) is 0 Å². The third-order valence-electron chi connectivity index (χ3n) is 3.65. The van der Waals surface area contributed by atoms with Crippen molar-refractivity contribution in [1.82, 2.24) is 0 Å². The predicted molar refractivity (Wildman–Crippen MR) is 82.7 cm³/mol. The molecule has 0 aliphatic heterocycles. The van der Waals surface area contributed by atoms with Crippen molar-refractivity contribution in [2.45, 2.75) is 89.3 Å². The Hall–Kier alpha value is -1.14. The first-order chi connectivity index (χ1) is 10.4. The lowest BCUT2D eigenvalue weighted by Crippen LogP contribution is -2.17. The summed E-state index contributed by atoms with van der Waals surface area (Å²) in [5.74, 6) is -1.56. The first kappa shape index (κ1) is 20.9. The van der Waals surface area contributed by atoms with Crippen LogP contribution in [-0.2, 0) is 9.59 Å². The topological polar surface area (TPSA) is 115 Å². The summed E-state index contributed by atoms with van der Waals surface area (Å²) in [5.41, 5.74) is 0. The number of hydrogen-bond donors (Lipinski definition) is 4. The molecule has 0 saturated heterocycles. The SMILES string of the molecule is O=C(O)CCCCCCC(O)CC(O)CCCCCC(=O)O. The summed E-state index contributed by atoms with van der Waals surface area (Å²) in [5, 5.41) is 36.6. The van der Waals surface area contributed by atoms with Crippen LogP contribution in [0.25, 0.3) is 0 Å². The standard InChI is InChI=1S/C16H30O6/c17-13(8-4-1-2-6-10-15(19)20)12-14(18)9-5-3-7-11-16(21)22/h13-14,17-18H,1-12H2,(H,19,20)(H,21,22). The van der Waals surface area contributed by atoms with E-state index in [1.807, 2.05) is 0 Å². The minimum absolute atomic E-state index is 0.167. The molecule has 22 heavy (non-hydrogen) atoms. The summed E-state index contributed by atoms with van der Waals surface area (Å²) in [7, 11) is 0.